The van der Waals surface area contributed by atoms with Crippen LogP contribution in [0.4, 0.5) is 11.4 Å². The van der Waals surface area contributed by atoms with E-state index in [1.807, 2.05) is 0 Å². The van der Waals surface area contributed by atoms with Crippen molar-refractivity contribution in [3.8, 4) is 0 Å². The van der Waals surface area contributed by atoms with Gasteiger partial charge in [0, 0.05) is 17.2 Å². The Morgan fingerprint density at radius 3 is 2.36 bits per heavy atom. The van der Waals surface area contributed by atoms with Crippen molar-refractivity contribution in [3.63, 3.8) is 0 Å². The number of carbonyl (C=O) groups excluding carboxylic acids is 2. The number of imide groups is 1. The van der Waals surface area contributed by atoms with Crippen LogP contribution in [0.5, 0.6) is 0 Å². The summed E-state index contributed by atoms with van der Waals surface area (Å²) in [7, 11) is 0. The molecule has 2 aromatic rings. The molecule has 0 fully saturated rings. The number of nitrogens with zero attached hydrogens (tertiary/aromatic N) is 2. The van der Waals surface area contributed by atoms with Gasteiger partial charge in [-0.1, -0.05) is 11.6 Å². The minimum atomic E-state index is -0.529. The normalized spacial score (nSPS) is 13.5. The van der Waals surface area contributed by atoms with Crippen molar-refractivity contribution in [1.29, 1.82) is 0 Å². The van der Waals surface area contributed by atoms with Gasteiger partial charge in [0.05, 0.1) is 21.7 Å². The van der Waals surface area contributed by atoms with Gasteiger partial charge < -0.3 is 0 Å². The quantitative estimate of drug-likeness (QED) is 0.483. The van der Waals surface area contributed by atoms with Crippen LogP contribution in [0, 0.1) is 17.0 Å². The number of nitro benzene ring substituents is 1. The molecule has 3 rings (SSSR count). The minimum absolute atomic E-state index is 0.0964. The van der Waals surface area contributed by atoms with E-state index < -0.39 is 16.7 Å². The fraction of sp³-hybridized carbons (Fsp3) is 0.0667. The van der Waals surface area contributed by atoms with Gasteiger partial charge in [-0.05, 0) is 36.8 Å². The van der Waals surface area contributed by atoms with Crippen molar-refractivity contribution >= 4 is 34.8 Å². The number of anilines is 1. The number of rotatable bonds is 2. The van der Waals surface area contributed by atoms with Gasteiger partial charge in [0.25, 0.3) is 17.5 Å². The standard InChI is InChI=1S/C15H9ClN2O4/c1-8-6-10(18(21)22)3-5-13(8)17-14(19)11-4-2-9(16)7-12(11)15(17)20/h2-7H,1H3. The molecule has 0 radical (unpaired) electrons. The number of benzene rings is 2. The number of hydrogen-bond acceptors (Lipinski definition) is 4. The molecule has 1 aliphatic heterocycles. The third-order valence-corrected chi connectivity index (χ3v) is 3.72. The molecule has 7 heteroatoms. The maximum Gasteiger partial charge on any atom is 0.269 e. The largest absolute Gasteiger partial charge is 0.269 e. The summed E-state index contributed by atoms with van der Waals surface area (Å²) in [5, 5.41) is 11.1. The molecule has 22 heavy (non-hydrogen) atoms. The first-order chi connectivity index (χ1) is 10.4. The van der Waals surface area contributed by atoms with Crippen LogP contribution in [0.15, 0.2) is 36.4 Å². The highest BCUT2D eigenvalue weighted by molar-refractivity contribution is 6.36. The number of nitro groups is 1. The monoisotopic (exact) mass is 316 g/mol. The molecule has 1 heterocycles. The number of non-ortho nitro benzene ring substituents is 1. The zero-order chi connectivity index (χ0) is 16.0. The highest BCUT2D eigenvalue weighted by atomic mass is 35.5. The molecule has 0 aliphatic carbocycles. The molecule has 0 N–H and O–H groups in total. The summed E-state index contributed by atoms with van der Waals surface area (Å²) < 4.78 is 0. The first-order valence-corrected chi connectivity index (χ1v) is 6.71. The Balaban J connectivity index is 2.09. The molecule has 6 nitrogen and oxygen atoms in total. The average Bonchev–Trinajstić information content (AvgIpc) is 2.71. The van der Waals surface area contributed by atoms with E-state index in [4.69, 9.17) is 11.6 Å². The molecular formula is C15H9ClN2O4. The molecule has 2 aromatic carbocycles. The number of hydrogen-bond donors (Lipinski definition) is 0. The molecule has 0 aromatic heterocycles. The minimum Gasteiger partial charge on any atom is -0.268 e. The molecule has 1 aliphatic rings. The lowest BCUT2D eigenvalue weighted by Crippen LogP contribution is -2.30. The Morgan fingerprint density at radius 2 is 1.73 bits per heavy atom. The molecule has 2 amide bonds. The lowest BCUT2D eigenvalue weighted by Gasteiger charge is -2.16. The van der Waals surface area contributed by atoms with Crippen LogP contribution >= 0.6 is 11.6 Å². The van der Waals surface area contributed by atoms with Gasteiger partial charge in [-0.15, -0.1) is 0 Å². The SMILES string of the molecule is Cc1cc([N+](=O)[O-])ccc1N1C(=O)c2ccc(Cl)cc2C1=O. The first-order valence-electron chi connectivity index (χ1n) is 6.33. The molecule has 0 saturated heterocycles. The fourth-order valence-corrected chi connectivity index (χ4v) is 2.61. The van der Waals surface area contributed by atoms with Crippen molar-refractivity contribution in [2.24, 2.45) is 0 Å². The van der Waals surface area contributed by atoms with E-state index >= 15 is 0 Å². The van der Waals surface area contributed by atoms with E-state index in [1.54, 1.807) is 6.92 Å². The van der Waals surface area contributed by atoms with Crippen LogP contribution in [0.1, 0.15) is 26.3 Å². The third kappa shape index (κ3) is 2.05. The maximum atomic E-state index is 12.4. The zero-order valence-electron chi connectivity index (χ0n) is 11.4. The van der Waals surface area contributed by atoms with Crippen molar-refractivity contribution in [3.05, 3.63) is 68.2 Å². The summed E-state index contributed by atoms with van der Waals surface area (Å²) in [5.41, 5.74) is 1.20. The van der Waals surface area contributed by atoms with Crippen molar-refractivity contribution < 1.29 is 14.5 Å². The summed E-state index contributed by atoms with van der Waals surface area (Å²) in [6.45, 7) is 1.61. The Bertz CT molecular complexity index is 847. The van der Waals surface area contributed by atoms with E-state index in [2.05, 4.69) is 0 Å². The van der Waals surface area contributed by atoms with Gasteiger partial charge in [-0.3, -0.25) is 19.7 Å². The second kappa shape index (κ2) is 4.92. The van der Waals surface area contributed by atoms with E-state index in [-0.39, 0.29) is 16.8 Å². The lowest BCUT2D eigenvalue weighted by molar-refractivity contribution is -0.384. The number of amides is 2. The number of carbonyl (C=O) groups is 2. The predicted octanol–water partition coefficient (Wildman–Crippen LogP) is 3.36. The highest BCUT2D eigenvalue weighted by Gasteiger charge is 2.37. The molecular weight excluding hydrogens is 308 g/mol. The molecule has 0 bridgehead atoms. The Kier molecular flexibility index (Phi) is 3.18. The first kappa shape index (κ1) is 14.2. The predicted molar refractivity (Wildman–Crippen MR) is 80.4 cm³/mol. The smallest absolute Gasteiger partial charge is 0.268 e. The summed E-state index contributed by atoms with van der Waals surface area (Å²) in [6.07, 6.45) is 0. The average molecular weight is 317 g/mol. The van der Waals surface area contributed by atoms with Gasteiger partial charge in [0.15, 0.2) is 0 Å². The summed E-state index contributed by atoms with van der Waals surface area (Å²) >= 11 is 5.86. The van der Waals surface area contributed by atoms with Gasteiger partial charge in [0.1, 0.15) is 0 Å². The van der Waals surface area contributed by atoms with E-state index in [0.29, 0.717) is 16.3 Å². The number of aryl methyl sites for hydroxylation is 1. The molecule has 0 atom stereocenters. The van der Waals surface area contributed by atoms with Crippen LogP contribution < -0.4 is 4.90 Å². The lowest BCUT2D eigenvalue weighted by atomic mass is 10.1. The molecule has 110 valence electrons. The molecule has 0 spiro atoms. The van der Waals surface area contributed by atoms with Crippen molar-refractivity contribution in [2.45, 2.75) is 6.92 Å². The second-order valence-electron chi connectivity index (χ2n) is 4.86. The number of fused-ring (bicyclic) bond motifs is 1. The molecule has 0 saturated carbocycles. The topological polar surface area (TPSA) is 80.5 Å². The third-order valence-electron chi connectivity index (χ3n) is 3.48. The van der Waals surface area contributed by atoms with Crippen molar-refractivity contribution in [1.82, 2.24) is 0 Å². The number of halogens is 1. The maximum absolute atomic E-state index is 12.4. The Labute approximate surface area is 130 Å². The van der Waals surface area contributed by atoms with E-state index in [1.165, 1.54) is 36.4 Å². The fourth-order valence-electron chi connectivity index (χ4n) is 2.44. The van der Waals surface area contributed by atoms with Gasteiger partial charge >= 0.3 is 0 Å². The summed E-state index contributed by atoms with van der Waals surface area (Å²) in [6, 6.07) is 8.47. The van der Waals surface area contributed by atoms with Crippen LogP contribution in [-0.4, -0.2) is 16.7 Å². The van der Waals surface area contributed by atoms with E-state index in [0.717, 1.165) is 4.90 Å². The van der Waals surface area contributed by atoms with Gasteiger partial charge in [-0.2, -0.15) is 0 Å². The zero-order valence-corrected chi connectivity index (χ0v) is 12.1. The second-order valence-corrected chi connectivity index (χ2v) is 5.30. The van der Waals surface area contributed by atoms with E-state index in [9.17, 15) is 19.7 Å². The van der Waals surface area contributed by atoms with Gasteiger partial charge in [0.2, 0.25) is 0 Å². The highest BCUT2D eigenvalue weighted by Crippen LogP contribution is 2.33. The Morgan fingerprint density at radius 1 is 1.05 bits per heavy atom. The van der Waals surface area contributed by atoms with Crippen LogP contribution in [-0.2, 0) is 0 Å². The van der Waals surface area contributed by atoms with Crippen molar-refractivity contribution in [2.75, 3.05) is 4.90 Å². The Hall–Kier alpha value is -2.73. The van der Waals surface area contributed by atoms with Crippen LogP contribution in [0.2, 0.25) is 5.02 Å². The van der Waals surface area contributed by atoms with Crippen LogP contribution in [0.3, 0.4) is 0 Å². The van der Waals surface area contributed by atoms with Crippen LogP contribution in [0.25, 0.3) is 0 Å². The summed E-state index contributed by atoms with van der Waals surface area (Å²) in [5.74, 6) is -0.951. The molecule has 0 unspecified atom stereocenters. The van der Waals surface area contributed by atoms with Gasteiger partial charge in [-0.25, -0.2) is 4.90 Å². The summed E-state index contributed by atoms with van der Waals surface area (Å²) in [4.78, 5) is 36.1.